The van der Waals surface area contributed by atoms with Gasteiger partial charge in [0.2, 0.25) is 0 Å². The van der Waals surface area contributed by atoms with E-state index in [4.69, 9.17) is 11.6 Å². The molecule has 2 nitrogen and oxygen atoms in total. The number of rotatable bonds is 3. The summed E-state index contributed by atoms with van der Waals surface area (Å²) in [5.74, 6) is -0.618. The first-order valence-electron chi connectivity index (χ1n) is 5.93. The van der Waals surface area contributed by atoms with Crippen LogP contribution in [0.25, 0.3) is 11.1 Å². The van der Waals surface area contributed by atoms with Gasteiger partial charge in [-0.15, -0.1) is 13.2 Å². The number of benzene rings is 2. The van der Waals surface area contributed by atoms with Crippen LogP contribution in [0.1, 0.15) is 17.3 Å². The Labute approximate surface area is 124 Å². The summed E-state index contributed by atoms with van der Waals surface area (Å²) in [7, 11) is 0. The standard InChI is InChI=1S/C15H10ClF3O2/c1-9(20)14-12(6-3-7-13(14)16)10-4-2-5-11(8-10)21-15(17,18)19/h2-8H,1H3. The number of alkyl halides is 3. The Morgan fingerprint density at radius 1 is 1.14 bits per heavy atom. The van der Waals surface area contributed by atoms with Crippen LogP contribution in [0.15, 0.2) is 42.5 Å². The Morgan fingerprint density at radius 3 is 2.43 bits per heavy atom. The van der Waals surface area contributed by atoms with Gasteiger partial charge in [0.15, 0.2) is 5.78 Å². The third-order valence-electron chi connectivity index (χ3n) is 2.74. The largest absolute Gasteiger partial charge is 0.573 e. The SMILES string of the molecule is CC(=O)c1c(Cl)cccc1-c1cccc(OC(F)(F)F)c1. The summed E-state index contributed by atoms with van der Waals surface area (Å²) in [6.45, 7) is 1.35. The topological polar surface area (TPSA) is 26.3 Å². The first-order chi connectivity index (χ1) is 9.78. The summed E-state index contributed by atoms with van der Waals surface area (Å²) < 4.78 is 40.6. The van der Waals surface area contributed by atoms with Crippen molar-refractivity contribution >= 4 is 17.4 Å². The van der Waals surface area contributed by atoms with Crippen molar-refractivity contribution in [1.29, 1.82) is 0 Å². The molecule has 110 valence electrons. The van der Waals surface area contributed by atoms with E-state index in [1.54, 1.807) is 24.3 Å². The second-order valence-corrected chi connectivity index (χ2v) is 4.70. The molecular weight excluding hydrogens is 305 g/mol. The molecular formula is C15H10ClF3O2. The molecule has 0 N–H and O–H groups in total. The van der Waals surface area contributed by atoms with Gasteiger partial charge in [0.25, 0.3) is 0 Å². The molecule has 0 saturated heterocycles. The first-order valence-corrected chi connectivity index (χ1v) is 6.31. The van der Waals surface area contributed by atoms with Crippen LogP contribution in [-0.4, -0.2) is 12.1 Å². The molecule has 0 aromatic heterocycles. The molecule has 0 radical (unpaired) electrons. The molecule has 0 aliphatic rings. The summed E-state index contributed by atoms with van der Waals surface area (Å²) in [6, 6.07) is 10.2. The van der Waals surface area contributed by atoms with Crippen LogP contribution in [0.5, 0.6) is 5.75 Å². The average molecular weight is 315 g/mol. The lowest BCUT2D eigenvalue weighted by Gasteiger charge is -2.12. The molecule has 2 aromatic rings. The average Bonchev–Trinajstić information content (AvgIpc) is 2.36. The van der Waals surface area contributed by atoms with Crippen LogP contribution in [-0.2, 0) is 0 Å². The predicted octanol–water partition coefficient (Wildman–Crippen LogP) is 5.11. The predicted molar refractivity (Wildman–Crippen MR) is 73.6 cm³/mol. The smallest absolute Gasteiger partial charge is 0.406 e. The Morgan fingerprint density at radius 2 is 1.81 bits per heavy atom. The van der Waals surface area contributed by atoms with Gasteiger partial charge in [0, 0.05) is 5.56 Å². The highest BCUT2D eigenvalue weighted by molar-refractivity contribution is 6.34. The van der Waals surface area contributed by atoms with Crippen molar-refractivity contribution in [1.82, 2.24) is 0 Å². The molecule has 0 bridgehead atoms. The van der Waals surface area contributed by atoms with Gasteiger partial charge in [0.1, 0.15) is 5.75 Å². The number of carbonyl (C=O) groups is 1. The highest BCUT2D eigenvalue weighted by Crippen LogP contribution is 2.32. The molecule has 0 saturated carbocycles. The zero-order valence-electron chi connectivity index (χ0n) is 10.9. The molecule has 0 heterocycles. The molecule has 2 aromatic carbocycles. The molecule has 2 rings (SSSR count). The van der Waals surface area contributed by atoms with Gasteiger partial charge < -0.3 is 4.74 Å². The highest BCUT2D eigenvalue weighted by atomic mass is 35.5. The van der Waals surface area contributed by atoms with E-state index in [1.807, 2.05) is 0 Å². The van der Waals surface area contributed by atoms with E-state index in [9.17, 15) is 18.0 Å². The summed E-state index contributed by atoms with van der Waals surface area (Å²) in [6.07, 6.45) is -4.77. The molecule has 0 unspecified atom stereocenters. The van der Waals surface area contributed by atoms with Crippen molar-refractivity contribution in [3.8, 4) is 16.9 Å². The van der Waals surface area contributed by atoms with Crippen LogP contribution in [0.2, 0.25) is 5.02 Å². The molecule has 6 heteroatoms. The number of hydrogen-bond acceptors (Lipinski definition) is 2. The minimum Gasteiger partial charge on any atom is -0.406 e. The quantitative estimate of drug-likeness (QED) is 0.736. The van der Waals surface area contributed by atoms with Crippen LogP contribution >= 0.6 is 11.6 Å². The zero-order chi connectivity index (χ0) is 15.6. The number of Topliss-reactive ketones (excluding diaryl/α,β-unsaturated/α-hetero) is 1. The minimum absolute atomic E-state index is 0.252. The normalized spacial score (nSPS) is 11.3. The van der Waals surface area contributed by atoms with Crippen molar-refractivity contribution in [3.63, 3.8) is 0 Å². The van der Waals surface area contributed by atoms with E-state index < -0.39 is 6.36 Å². The second kappa shape index (κ2) is 5.77. The van der Waals surface area contributed by atoms with Gasteiger partial charge in [-0.1, -0.05) is 35.9 Å². The Kier molecular flexibility index (Phi) is 4.23. The van der Waals surface area contributed by atoms with E-state index in [2.05, 4.69) is 4.74 Å². The van der Waals surface area contributed by atoms with Crippen LogP contribution in [0.3, 0.4) is 0 Å². The van der Waals surface area contributed by atoms with Crippen molar-refractivity contribution in [2.75, 3.05) is 0 Å². The van der Waals surface area contributed by atoms with Crippen molar-refractivity contribution in [2.24, 2.45) is 0 Å². The summed E-state index contributed by atoms with van der Waals surface area (Å²) in [4.78, 5) is 11.7. The Balaban J connectivity index is 2.51. The molecule has 0 spiro atoms. The number of ketones is 1. The van der Waals surface area contributed by atoms with E-state index in [-0.39, 0.29) is 22.1 Å². The lowest BCUT2D eigenvalue weighted by Crippen LogP contribution is -2.17. The highest BCUT2D eigenvalue weighted by Gasteiger charge is 2.31. The van der Waals surface area contributed by atoms with E-state index in [1.165, 1.54) is 25.1 Å². The Bertz CT molecular complexity index is 681. The van der Waals surface area contributed by atoms with Gasteiger partial charge in [-0.2, -0.15) is 0 Å². The third-order valence-corrected chi connectivity index (χ3v) is 3.06. The lowest BCUT2D eigenvalue weighted by molar-refractivity contribution is -0.274. The Hall–Kier alpha value is -2.01. The van der Waals surface area contributed by atoms with Gasteiger partial charge in [-0.25, -0.2) is 0 Å². The van der Waals surface area contributed by atoms with Gasteiger partial charge >= 0.3 is 6.36 Å². The maximum atomic E-state index is 12.2. The number of carbonyl (C=O) groups excluding carboxylic acids is 1. The van der Waals surface area contributed by atoms with Crippen LogP contribution in [0.4, 0.5) is 13.2 Å². The second-order valence-electron chi connectivity index (χ2n) is 4.29. The monoisotopic (exact) mass is 314 g/mol. The fourth-order valence-electron chi connectivity index (χ4n) is 1.98. The van der Waals surface area contributed by atoms with Gasteiger partial charge in [-0.05, 0) is 36.2 Å². The molecule has 21 heavy (non-hydrogen) atoms. The van der Waals surface area contributed by atoms with E-state index in [0.717, 1.165) is 0 Å². The molecule has 0 aliphatic carbocycles. The van der Waals surface area contributed by atoms with Crippen LogP contribution < -0.4 is 4.74 Å². The van der Waals surface area contributed by atoms with Gasteiger partial charge in [0.05, 0.1) is 5.02 Å². The minimum atomic E-state index is -4.77. The van der Waals surface area contributed by atoms with Crippen molar-refractivity contribution in [2.45, 2.75) is 13.3 Å². The summed E-state index contributed by atoms with van der Waals surface area (Å²) in [5, 5.41) is 0.252. The maximum absolute atomic E-state index is 12.2. The first kappa shape index (κ1) is 15.4. The number of ether oxygens (including phenoxy) is 1. The fraction of sp³-hybridized carbons (Fsp3) is 0.133. The summed E-state index contributed by atoms with van der Waals surface area (Å²) in [5.41, 5.74) is 1.15. The maximum Gasteiger partial charge on any atom is 0.573 e. The van der Waals surface area contributed by atoms with E-state index in [0.29, 0.717) is 11.1 Å². The fourth-order valence-corrected chi connectivity index (χ4v) is 2.29. The molecule has 0 atom stereocenters. The lowest BCUT2D eigenvalue weighted by atomic mass is 9.97. The third kappa shape index (κ3) is 3.76. The molecule has 0 fully saturated rings. The van der Waals surface area contributed by atoms with Gasteiger partial charge in [-0.3, -0.25) is 4.79 Å². The molecule has 0 amide bonds. The molecule has 0 aliphatic heterocycles. The van der Waals surface area contributed by atoms with E-state index >= 15 is 0 Å². The summed E-state index contributed by atoms with van der Waals surface area (Å²) >= 11 is 5.99. The number of hydrogen-bond donors (Lipinski definition) is 0. The van der Waals surface area contributed by atoms with Crippen molar-refractivity contribution in [3.05, 3.63) is 53.1 Å². The number of halogens is 4. The van der Waals surface area contributed by atoms with Crippen molar-refractivity contribution < 1.29 is 22.7 Å². The zero-order valence-corrected chi connectivity index (χ0v) is 11.6. The van der Waals surface area contributed by atoms with Crippen LogP contribution in [0, 0.1) is 0 Å².